The van der Waals surface area contributed by atoms with Crippen LogP contribution in [0, 0.1) is 0 Å². The fourth-order valence-corrected chi connectivity index (χ4v) is 2.51. The van der Waals surface area contributed by atoms with Crippen LogP contribution in [0.5, 0.6) is 0 Å². The predicted molar refractivity (Wildman–Crippen MR) is 81.4 cm³/mol. The summed E-state index contributed by atoms with van der Waals surface area (Å²) in [5.74, 6) is 1.09. The molecular weight excluding hydrogens is 313 g/mol. The van der Waals surface area contributed by atoms with E-state index in [0.717, 1.165) is 5.56 Å². The Hall–Kier alpha value is -1.14. The van der Waals surface area contributed by atoms with Gasteiger partial charge in [-0.15, -0.1) is 0 Å². The summed E-state index contributed by atoms with van der Waals surface area (Å²) in [5.41, 5.74) is 1.03. The van der Waals surface area contributed by atoms with Gasteiger partial charge in [-0.2, -0.15) is 4.98 Å². The molecule has 0 aliphatic carbocycles. The Balaban J connectivity index is 2.05. The van der Waals surface area contributed by atoms with Crippen LogP contribution >= 0.6 is 23.2 Å². The molecule has 5 nitrogen and oxygen atoms in total. The van der Waals surface area contributed by atoms with Crippen molar-refractivity contribution in [1.82, 2.24) is 15.0 Å². The van der Waals surface area contributed by atoms with Crippen molar-refractivity contribution in [3.63, 3.8) is 0 Å². The molecule has 1 heterocycles. The molecule has 0 aliphatic heterocycles. The monoisotopic (exact) mass is 329 g/mol. The van der Waals surface area contributed by atoms with Gasteiger partial charge in [0, 0.05) is 23.7 Å². The Bertz CT molecular complexity index is 583. The molecule has 1 aromatic carbocycles. The summed E-state index contributed by atoms with van der Waals surface area (Å²) in [4.78, 5) is 6.38. The molecular formula is C14H17Cl2N3O2. The lowest BCUT2D eigenvalue weighted by molar-refractivity contribution is 0.173. The minimum atomic E-state index is -0.0270. The van der Waals surface area contributed by atoms with Gasteiger partial charge in [0.1, 0.15) is 6.61 Å². The molecule has 1 atom stereocenters. The van der Waals surface area contributed by atoms with Crippen LogP contribution in [0.1, 0.15) is 30.2 Å². The molecule has 2 aromatic rings. The maximum absolute atomic E-state index is 6.01. The van der Waals surface area contributed by atoms with Crippen molar-refractivity contribution in [2.45, 2.75) is 26.1 Å². The third-order valence-electron chi connectivity index (χ3n) is 3.13. The van der Waals surface area contributed by atoms with Gasteiger partial charge in [-0.05, 0) is 37.7 Å². The van der Waals surface area contributed by atoms with Crippen LogP contribution in [0.3, 0.4) is 0 Å². The number of benzene rings is 1. The van der Waals surface area contributed by atoms with Crippen LogP contribution in [-0.2, 0) is 17.9 Å². The summed E-state index contributed by atoms with van der Waals surface area (Å²) < 4.78 is 10.2. The lowest BCUT2D eigenvalue weighted by Crippen LogP contribution is -2.22. The molecule has 0 N–H and O–H groups in total. The molecule has 0 saturated carbocycles. The van der Waals surface area contributed by atoms with Gasteiger partial charge in [0.05, 0.1) is 6.04 Å². The quantitative estimate of drug-likeness (QED) is 0.808. The third kappa shape index (κ3) is 4.41. The number of hydrogen-bond acceptors (Lipinski definition) is 5. The normalized spacial score (nSPS) is 12.9. The topological polar surface area (TPSA) is 51.4 Å². The predicted octanol–water partition coefficient (Wildman–Crippen LogP) is 3.72. The van der Waals surface area contributed by atoms with Gasteiger partial charge in [-0.3, -0.25) is 4.90 Å². The van der Waals surface area contributed by atoms with Gasteiger partial charge in [0.2, 0.25) is 5.89 Å². The van der Waals surface area contributed by atoms with E-state index in [1.54, 1.807) is 13.2 Å². The van der Waals surface area contributed by atoms with E-state index >= 15 is 0 Å². The van der Waals surface area contributed by atoms with E-state index in [4.69, 9.17) is 32.5 Å². The molecule has 0 fully saturated rings. The van der Waals surface area contributed by atoms with Gasteiger partial charge in [0.15, 0.2) is 5.82 Å². The number of ether oxygens (including phenoxy) is 1. The molecule has 114 valence electrons. The van der Waals surface area contributed by atoms with Gasteiger partial charge in [-0.25, -0.2) is 0 Å². The second-order valence-electron chi connectivity index (χ2n) is 4.85. The number of aromatic nitrogens is 2. The lowest BCUT2D eigenvalue weighted by Gasteiger charge is -2.21. The fraction of sp³-hybridized carbons (Fsp3) is 0.429. The maximum Gasteiger partial charge on any atom is 0.243 e. The van der Waals surface area contributed by atoms with Crippen molar-refractivity contribution in [2.24, 2.45) is 0 Å². The van der Waals surface area contributed by atoms with Crippen molar-refractivity contribution in [1.29, 1.82) is 0 Å². The standard InChI is InChI=1S/C14H17Cl2N3O2/c1-9(14-17-13(8-20-3)18-21-14)19(2)7-10-4-11(15)6-12(16)5-10/h4-6,9H,7-8H2,1-3H3/t9-/m1/s1. The Morgan fingerprint density at radius 3 is 2.57 bits per heavy atom. The highest BCUT2D eigenvalue weighted by Crippen LogP contribution is 2.23. The van der Waals surface area contributed by atoms with E-state index in [9.17, 15) is 0 Å². The first-order chi connectivity index (χ1) is 9.99. The van der Waals surface area contributed by atoms with Crippen molar-refractivity contribution >= 4 is 23.2 Å². The summed E-state index contributed by atoms with van der Waals surface area (Å²) in [5, 5.41) is 5.11. The number of rotatable bonds is 6. The lowest BCUT2D eigenvalue weighted by atomic mass is 10.2. The van der Waals surface area contributed by atoms with Crippen molar-refractivity contribution < 1.29 is 9.26 Å². The highest BCUT2D eigenvalue weighted by Gasteiger charge is 2.19. The Kier molecular flexibility index (Phi) is 5.58. The molecule has 0 aliphatic rings. The van der Waals surface area contributed by atoms with E-state index < -0.39 is 0 Å². The molecule has 0 amide bonds. The van der Waals surface area contributed by atoms with Gasteiger partial charge < -0.3 is 9.26 Å². The summed E-state index contributed by atoms with van der Waals surface area (Å²) in [7, 11) is 3.56. The van der Waals surface area contributed by atoms with Crippen LogP contribution in [0.25, 0.3) is 0 Å². The number of nitrogens with zero attached hydrogens (tertiary/aromatic N) is 3. The van der Waals surface area contributed by atoms with E-state index in [1.807, 2.05) is 26.1 Å². The number of methoxy groups -OCH3 is 1. The SMILES string of the molecule is COCc1noc([C@@H](C)N(C)Cc2cc(Cl)cc(Cl)c2)n1. The Morgan fingerprint density at radius 2 is 1.95 bits per heavy atom. The maximum atomic E-state index is 6.01. The first-order valence-corrected chi connectivity index (χ1v) is 7.22. The Labute approximate surface area is 133 Å². The van der Waals surface area contributed by atoms with Crippen LogP contribution in [-0.4, -0.2) is 29.2 Å². The smallest absolute Gasteiger partial charge is 0.243 e. The fourth-order valence-electron chi connectivity index (χ4n) is 1.94. The zero-order chi connectivity index (χ0) is 15.4. The second kappa shape index (κ2) is 7.22. The molecule has 0 spiro atoms. The Morgan fingerprint density at radius 1 is 1.29 bits per heavy atom. The molecule has 2 rings (SSSR count). The van der Waals surface area contributed by atoms with E-state index in [2.05, 4.69) is 15.0 Å². The van der Waals surface area contributed by atoms with Gasteiger partial charge in [0.25, 0.3) is 0 Å². The van der Waals surface area contributed by atoms with E-state index in [-0.39, 0.29) is 6.04 Å². The zero-order valence-corrected chi connectivity index (χ0v) is 13.6. The summed E-state index contributed by atoms with van der Waals surface area (Å²) in [6, 6.07) is 5.47. The highest BCUT2D eigenvalue weighted by atomic mass is 35.5. The molecule has 0 bridgehead atoms. The van der Waals surface area contributed by atoms with Crippen LogP contribution in [0.15, 0.2) is 22.7 Å². The largest absolute Gasteiger partial charge is 0.377 e. The molecule has 0 saturated heterocycles. The second-order valence-corrected chi connectivity index (χ2v) is 5.72. The van der Waals surface area contributed by atoms with Crippen LogP contribution < -0.4 is 0 Å². The first kappa shape index (κ1) is 16.2. The molecule has 21 heavy (non-hydrogen) atoms. The third-order valence-corrected chi connectivity index (χ3v) is 3.57. The summed E-state index contributed by atoms with van der Waals surface area (Å²) >= 11 is 12.0. The van der Waals surface area contributed by atoms with Gasteiger partial charge >= 0.3 is 0 Å². The van der Waals surface area contributed by atoms with Crippen molar-refractivity contribution in [3.05, 3.63) is 45.5 Å². The zero-order valence-electron chi connectivity index (χ0n) is 12.1. The van der Waals surface area contributed by atoms with E-state index in [0.29, 0.717) is 34.9 Å². The highest BCUT2D eigenvalue weighted by molar-refractivity contribution is 6.34. The number of halogens is 2. The van der Waals surface area contributed by atoms with Crippen molar-refractivity contribution in [3.8, 4) is 0 Å². The summed E-state index contributed by atoms with van der Waals surface area (Å²) in [6.07, 6.45) is 0. The average Bonchev–Trinajstić information content (AvgIpc) is 2.85. The molecule has 1 aromatic heterocycles. The minimum absolute atomic E-state index is 0.0270. The van der Waals surface area contributed by atoms with Crippen molar-refractivity contribution in [2.75, 3.05) is 14.2 Å². The minimum Gasteiger partial charge on any atom is -0.377 e. The molecule has 0 unspecified atom stereocenters. The molecule has 0 radical (unpaired) electrons. The summed E-state index contributed by atoms with van der Waals surface area (Å²) in [6.45, 7) is 3.00. The van der Waals surface area contributed by atoms with Gasteiger partial charge in [-0.1, -0.05) is 28.4 Å². The van der Waals surface area contributed by atoms with Crippen LogP contribution in [0.2, 0.25) is 10.0 Å². The van der Waals surface area contributed by atoms with E-state index in [1.165, 1.54) is 0 Å². The average molecular weight is 330 g/mol. The molecule has 7 heteroatoms. The number of hydrogen-bond donors (Lipinski definition) is 0. The van der Waals surface area contributed by atoms with Crippen LogP contribution in [0.4, 0.5) is 0 Å². The first-order valence-electron chi connectivity index (χ1n) is 6.46.